The quantitative estimate of drug-likeness (QED) is 0.681. The van der Waals surface area contributed by atoms with E-state index in [9.17, 15) is 0 Å². The summed E-state index contributed by atoms with van der Waals surface area (Å²) in [7, 11) is -0.349. The summed E-state index contributed by atoms with van der Waals surface area (Å²) in [5.41, 5.74) is 2.14. The molecular weight excluding hydrogens is 301 g/mol. The van der Waals surface area contributed by atoms with E-state index in [1.54, 1.807) is 4.52 Å². The summed E-state index contributed by atoms with van der Waals surface area (Å²) >= 11 is 0. The first kappa shape index (κ1) is 15.4. The van der Waals surface area contributed by atoms with Crippen molar-refractivity contribution in [1.82, 2.24) is 14.6 Å². The molecule has 0 atom stereocenters. The highest BCUT2D eigenvalue weighted by Crippen LogP contribution is 2.36. The average Bonchev–Trinajstić information content (AvgIpc) is 3.06. The highest BCUT2D eigenvalue weighted by molar-refractivity contribution is 6.62. The maximum Gasteiger partial charge on any atom is 0.494 e. The van der Waals surface area contributed by atoms with Gasteiger partial charge in [-0.3, -0.25) is 0 Å². The molecule has 0 aliphatic carbocycles. The van der Waals surface area contributed by atoms with Gasteiger partial charge in [0.15, 0.2) is 11.5 Å². The molecule has 1 fully saturated rings. The molecule has 0 spiro atoms. The monoisotopic (exact) mass is 321 g/mol. The molecular formula is C18H20BN3O2. The lowest BCUT2D eigenvalue weighted by Gasteiger charge is -2.32. The minimum absolute atomic E-state index is 0.334. The fraction of sp³-hybridized carbons (Fsp3) is 0.333. The van der Waals surface area contributed by atoms with Crippen molar-refractivity contribution in [2.45, 2.75) is 38.9 Å². The van der Waals surface area contributed by atoms with Crippen molar-refractivity contribution in [3.63, 3.8) is 0 Å². The van der Waals surface area contributed by atoms with Gasteiger partial charge < -0.3 is 9.31 Å². The van der Waals surface area contributed by atoms with Gasteiger partial charge in [0.1, 0.15) is 0 Å². The number of hydrogen-bond acceptors (Lipinski definition) is 4. The van der Waals surface area contributed by atoms with Crippen LogP contribution in [0.5, 0.6) is 0 Å². The van der Waals surface area contributed by atoms with Crippen molar-refractivity contribution >= 4 is 18.2 Å². The molecule has 0 bridgehead atoms. The van der Waals surface area contributed by atoms with Gasteiger partial charge in [0.05, 0.1) is 11.2 Å². The number of fused-ring (bicyclic) bond motifs is 1. The standard InChI is InChI=1S/C18H20BN3O2/c1-17(2)18(3,4)24-19(23-17)14-10-8-13(9-11-14)16-20-15-7-5-6-12-22(15)21-16/h5-12H,1-4H3. The molecule has 122 valence electrons. The van der Waals surface area contributed by atoms with Crippen LogP contribution in [-0.4, -0.2) is 32.9 Å². The lowest BCUT2D eigenvalue weighted by atomic mass is 9.79. The van der Waals surface area contributed by atoms with Crippen LogP contribution in [0.25, 0.3) is 17.0 Å². The van der Waals surface area contributed by atoms with Gasteiger partial charge in [-0.05, 0) is 45.3 Å². The molecule has 0 unspecified atom stereocenters. The molecule has 6 heteroatoms. The Morgan fingerprint density at radius 2 is 1.58 bits per heavy atom. The zero-order valence-corrected chi connectivity index (χ0v) is 14.4. The average molecular weight is 321 g/mol. The fourth-order valence-electron chi connectivity index (χ4n) is 2.72. The van der Waals surface area contributed by atoms with Crippen molar-refractivity contribution in [2.24, 2.45) is 0 Å². The van der Waals surface area contributed by atoms with Crippen LogP contribution in [0.15, 0.2) is 48.7 Å². The smallest absolute Gasteiger partial charge is 0.399 e. The Hall–Kier alpha value is -2.18. The van der Waals surface area contributed by atoms with Crippen LogP contribution in [0, 0.1) is 0 Å². The molecule has 3 heterocycles. The van der Waals surface area contributed by atoms with E-state index in [2.05, 4.69) is 37.8 Å². The fourth-order valence-corrected chi connectivity index (χ4v) is 2.72. The van der Waals surface area contributed by atoms with E-state index in [1.165, 1.54) is 0 Å². The molecule has 3 aromatic rings. The largest absolute Gasteiger partial charge is 0.494 e. The second kappa shape index (κ2) is 5.16. The minimum atomic E-state index is -0.349. The molecule has 1 aliphatic heterocycles. The van der Waals surface area contributed by atoms with Crippen molar-refractivity contribution in [3.05, 3.63) is 48.7 Å². The third-order valence-electron chi connectivity index (χ3n) is 4.94. The molecule has 0 saturated carbocycles. The van der Waals surface area contributed by atoms with Gasteiger partial charge in [-0.1, -0.05) is 30.3 Å². The van der Waals surface area contributed by atoms with E-state index < -0.39 is 0 Å². The third-order valence-corrected chi connectivity index (χ3v) is 4.94. The Kier molecular flexibility index (Phi) is 3.30. The first-order valence-electron chi connectivity index (χ1n) is 8.13. The maximum atomic E-state index is 6.09. The lowest BCUT2D eigenvalue weighted by molar-refractivity contribution is 0.00578. The molecule has 0 amide bonds. The van der Waals surface area contributed by atoms with E-state index in [0.29, 0.717) is 5.82 Å². The van der Waals surface area contributed by atoms with Gasteiger partial charge in [-0.25, -0.2) is 9.50 Å². The van der Waals surface area contributed by atoms with Gasteiger partial charge in [0, 0.05) is 11.8 Å². The Morgan fingerprint density at radius 3 is 2.21 bits per heavy atom. The van der Waals surface area contributed by atoms with Gasteiger partial charge in [0.25, 0.3) is 0 Å². The van der Waals surface area contributed by atoms with E-state index in [4.69, 9.17) is 9.31 Å². The maximum absolute atomic E-state index is 6.09. The highest BCUT2D eigenvalue weighted by atomic mass is 16.7. The Labute approximate surface area is 141 Å². The number of benzene rings is 1. The summed E-state index contributed by atoms with van der Waals surface area (Å²) in [4.78, 5) is 4.55. The second-order valence-corrected chi connectivity index (χ2v) is 7.15. The second-order valence-electron chi connectivity index (χ2n) is 7.15. The van der Waals surface area contributed by atoms with E-state index in [-0.39, 0.29) is 18.3 Å². The molecule has 4 rings (SSSR count). The molecule has 24 heavy (non-hydrogen) atoms. The Balaban J connectivity index is 1.61. The van der Waals surface area contributed by atoms with Crippen molar-refractivity contribution in [1.29, 1.82) is 0 Å². The zero-order valence-electron chi connectivity index (χ0n) is 14.4. The van der Waals surface area contributed by atoms with E-state index >= 15 is 0 Å². The van der Waals surface area contributed by atoms with Crippen LogP contribution in [0.2, 0.25) is 0 Å². The van der Waals surface area contributed by atoms with Gasteiger partial charge >= 0.3 is 7.12 Å². The van der Waals surface area contributed by atoms with Gasteiger partial charge in [-0.15, -0.1) is 5.10 Å². The predicted molar refractivity (Wildman–Crippen MR) is 94.1 cm³/mol. The zero-order chi connectivity index (χ0) is 16.9. The number of aromatic nitrogens is 3. The van der Waals surface area contributed by atoms with Crippen LogP contribution >= 0.6 is 0 Å². The lowest BCUT2D eigenvalue weighted by Crippen LogP contribution is -2.41. The molecule has 1 aromatic carbocycles. The van der Waals surface area contributed by atoms with Gasteiger partial charge in [-0.2, -0.15) is 0 Å². The summed E-state index contributed by atoms with van der Waals surface area (Å²) in [6.45, 7) is 8.23. The first-order valence-corrected chi connectivity index (χ1v) is 8.13. The van der Waals surface area contributed by atoms with Crippen LogP contribution in [0.3, 0.4) is 0 Å². The number of hydrogen-bond donors (Lipinski definition) is 0. The molecule has 1 aliphatic rings. The van der Waals surface area contributed by atoms with E-state index in [1.807, 2.05) is 48.7 Å². The summed E-state index contributed by atoms with van der Waals surface area (Å²) in [6, 6.07) is 13.9. The summed E-state index contributed by atoms with van der Waals surface area (Å²) < 4.78 is 13.9. The van der Waals surface area contributed by atoms with Crippen molar-refractivity contribution < 1.29 is 9.31 Å². The third kappa shape index (κ3) is 2.42. The van der Waals surface area contributed by atoms with Gasteiger partial charge in [0.2, 0.25) is 0 Å². The van der Waals surface area contributed by atoms with Crippen LogP contribution in [-0.2, 0) is 9.31 Å². The van der Waals surface area contributed by atoms with Crippen LogP contribution < -0.4 is 5.46 Å². The molecule has 2 aromatic heterocycles. The molecule has 0 radical (unpaired) electrons. The summed E-state index contributed by atoms with van der Waals surface area (Å²) in [5, 5.41) is 4.50. The topological polar surface area (TPSA) is 48.7 Å². The predicted octanol–water partition coefficient (Wildman–Crippen LogP) is 2.70. The Morgan fingerprint density at radius 1 is 0.917 bits per heavy atom. The van der Waals surface area contributed by atoms with E-state index in [0.717, 1.165) is 16.7 Å². The number of pyridine rings is 1. The molecule has 0 N–H and O–H groups in total. The number of rotatable bonds is 2. The molecule has 1 saturated heterocycles. The Bertz CT molecular complexity index is 838. The SMILES string of the molecule is CC1(C)OB(c2ccc(-c3nc4ccccn4n3)cc2)OC1(C)C. The van der Waals surface area contributed by atoms with Crippen molar-refractivity contribution in [2.75, 3.05) is 0 Å². The summed E-state index contributed by atoms with van der Waals surface area (Å²) in [5.74, 6) is 0.710. The summed E-state index contributed by atoms with van der Waals surface area (Å²) in [6.07, 6.45) is 1.89. The molecule has 5 nitrogen and oxygen atoms in total. The number of nitrogens with zero attached hydrogens (tertiary/aromatic N) is 3. The normalized spacial score (nSPS) is 19.1. The minimum Gasteiger partial charge on any atom is -0.399 e. The first-order chi connectivity index (χ1) is 11.4. The van der Waals surface area contributed by atoms with Crippen molar-refractivity contribution in [3.8, 4) is 11.4 Å². The van der Waals surface area contributed by atoms with Crippen LogP contribution in [0.1, 0.15) is 27.7 Å². The highest BCUT2D eigenvalue weighted by Gasteiger charge is 2.51. The van der Waals surface area contributed by atoms with Crippen LogP contribution in [0.4, 0.5) is 0 Å².